The van der Waals surface area contributed by atoms with Gasteiger partial charge in [-0.15, -0.1) is 0 Å². The van der Waals surface area contributed by atoms with Gasteiger partial charge >= 0.3 is 0 Å². The fraction of sp³-hybridized carbons (Fsp3) is 0.394. The van der Waals surface area contributed by atoms with E-state index in [9.17, 15) is 18.0 Å². The van der Waals surface area contributed by atoms with Crippen LogP contribution in [0.25, 0.3) is 0 Å². The highest BCUT2D eigenvalue weighted by atomic mass is 35.5. The van der Waals surface area contributed by atoms with Crippen LogP contribution < -0.4 is 14.4 Å². The van der Waals surface area contributed by atoms with E-state index >= 15 is 0 Å². The maximum Gasteiger partial charge on any atom is 0.244 e. The van der Waals surface area contributed by atoms with Crippen LogP contribution in [-0.2, 0) is 32.6 Å². The van der Waals surface area contributed by atoms with Crippen molar-refractivity contribution in [3.63, 3.8) is 0 Å². The minimum atomic E-state index is -3.90. The van der Waals surface area contributed by atoms with Gasteiger partial charge in [-0.1, -0.05) is 78.9 Å². The van der Waals surface area contributed by atoms with Crippen molar-refractivity contribution in [2.45, 2.75) is 64.1 Å². The Kier molecular flexibility index (Phi) is 11.9. The molecule has 11 heteroatoms. The van der Waals surface area contributed by atoms with Crippen LogP contribution in [0.4, 0.5) is 5.69 Å². The summed E-state index contributed by atoms with van der Waals surface area (Å²) in [6, 6.07) is 20.0. The molecule has 0 aromatic heterocycles. The van der Waals surface area contributed by atoms with Gasteiger partial charge in [-0.3, -0.25) is 13.9 Å². The zero-order valence-corrected chi connectivity index (χ0v) is 27.4. The van der Waals surface area contributed by atoms with E-state index in [1.54, 1.807) is 42.5 Å². The molecule has 2 amide bonds. The molecule has 3 aromatic carbocycles. The third kappa shape index (κ3) is 9.13. The van der Waals surface area contributed by atoms with Gasteiger partial charge in [0.15, 0.2) is 0 Å². The predicted molar refractivity (Wildman–Crippen MR) is 176 cm³/mol. The number of carbonyl (C=O) groups is 2. The first-order valence-corrected chi connectivity index (χ1v) is 17.4. The van der Waals surface area contributed by atoms with Crippen molar-refractivity contribution in [3.8, 4) is 5.75 Å². The number of ether oxygens (including phenoxy) is 1. The zero-order valence-electron chi connectivity index (χ0n) is 25.0. The Morgan fingerprint density at radius 3 is 2.16 bits per heavy atom. The van der Waals surface area contributed by atoms with Crippen LogP contribution in [0.5, 0.6) is 5.75 Å². The fourth-order valence-electron chi connectivity index (χ4n) is 5.44. The fourth-order valence-corrected chi connectivity index (χ4v) is 6.81. The van der Waals surface area contributed by atoms with Crippen molar-refractivity contribution in [2.75, 3.05) is 23.7 Å². The Labute approximate surface area is 270 Å². The molecule has 1 N–H and O–H groups in total. The van der Waals surface area contributed by atoms with E-state index in [0.29, 0.717) is 33.7 Å². The average Bonchev–Trinajstić information content (AvgIpc) is 3.00. The van der Waals surface area contributed by atoms with Crippen molar-refractivity contribution in [1.29, 1.82) is 0 Å². The van der Waals surface area contributed by atoms with E-state index in [1.807, 2.05) is 37.3 Å². The standard InChI is InChI=1S/C33H39Cl2N3O5S/c1-3-43-27-19-17-26(18-20-27)38(44(2,41)42)23-32(39)37(22-28-29(34)15-10-16-30(28)35)31(21-24-11-6-4-7-12-24)33(40)36-25-13-8-5-9-14-25/h4,6-7,10-12,15-20,25,31H,3,5,8-9,13-14,21-23H2,1-2H3,(H,36,40)/t31-/m1/s1. The van der Waals surface area contributed by atoms with Gasteiger partial charge in [-0.25, -0.2) is 8.42 Å². The molecule has 0 spiro atoms. The third-order valence-corrected chi connectivity index (χ3v) is 9.58. The molecule has 1 saturated carbocycles. The number of benzene rings is 3. The molecule has 0 heterocycles. The molecular formula is C33H39Cl2N3O5S. The van der Waals surface area contributed by atoms with Gasteiger partial charge in [-0.05, 0) is 61.7 Å². The lowest BCUT2D eigenvalue weighted by atomic mass is 9.94. The molecule has 0 bridgehead atoms. The molecule has 0 aliphatic heterocycles. The molecule has 44 heavy (non-hydrogen) atoms. The maximum absolute atomic E-state index is 14.3. The predicted octanol–water partition coefficient (Wildman–Crippen LogP) is 6.25. The van der Waals surface area contributed by atoms with Crippen molar-refractivity contribution in [1.82, 2.24) is 10.2 Å². The van der Waals surface area contributed by atoms with Crippen LogP contribution in [0.2, 0.25) is 10.0 Å². The first kappa shape index (κ1) is 33.6. The van der Waals surface area contributed by atoms with Crippen molar-refractivity contribution in [3.05, 3.63) is 94.0 Å². The number of rotatable bonds is 13. The van der Waals surface area contributed by atoms with E-state index < -0.39 is 28.5 Å². The molecular weight excluding hydrogens is 621 g/mol. The van der Waals surface area contributed by atoms with E-state index in [-0.39, 0.29) is 24.9 Å². The monoisotopic (exact) mass is 659 g/mol. The lowest BCUT2D eigenvalue weighted by Gasteiger charge is -2.35. The summed E-state index contributed by atoms with van der Waals surface area (Å²) in [6.45, 7) is 1.69. The summed E-state index contributed by atoms with van der Waals surface area (Å²) in [5, 5.41) is 3.86. The van der Waals surface area contributed by atoms with Gasteiger partial charge in [0.1, 0.15) is 18.3 Å². The van der Waals surface area contributed by atoms with Crippen LogP contribution in [0.1, 0.15) is 50.2 Å². The summed E-state index contributed by atoms with van der Waals surface area (Å²) < 4.78 is 32.6. The summed E-state index contributed by atoms with van der Waals surface area (Å²) >= 11 is 13.1. The molecule has 0 radical (unpaired) electrons. The number of sulfonamides is 1. The summed E-state index contributed by atoms with van der Waals surface area (Å²) in [5.74, 6) is -0.294. The maximum atomic E-state index is 14.3. The molecule has 1 aliphatic carbocycles. The van der Waals surface area contributed by atoms with Gasteiger partial charge in [-0.2, -0.15) is 0 Å². The molecule has 4 rings (SSSR count). The number of hydrogen-bond donors (Lipinski definition) is 1. The molecule has 236 valence electrons. The highest BCUT2D eigenvalue weighted by Gasteiger charge is 2.34. The molecule has 0 saturated heterocycles. The minimum Gasteiger partial charge on any atom is -0.494 e. The van der Waals surface area contributed by atoms with Gasteiger partial charge in [0.25, 0.3) is 0 Å². The Morgan fingerprint density at radius 2 is 1.57 bits per heavy atom. The number of halogens is 2. The van der Waals surface area contributed by atoms with Gasteiger partial charge in [0.05, 0.1) is 18.6 Å². The molecule has 3 aromatic rings. The molecule has 1 fully saturated rings. The lowest BCUT2D eigenvalue weighted by molar-refractivity contribution is -0.140. The summed E-state index contributed by atoms with van der Waals surface area (Å²) in [7, 11) is -3.90. The Morgan fingerprint density at radius 1 is 0.932 bits per heavy atom. The van der Waals surface area contributed by atoms with Gasteiger partial charge < -0.3 is 15.0 Å². The highest BCUT2D eigenvalue weighted by Crippen LogP contribution is 2.29. The van der Waals surface area contributed by atoms with Crippen LogP contribution in [0, 0.1) is 0 Å². The number of amides is 2. The topological polar surface area (TPSA) is 96.0 Å². The van der Waals surface area contributed by atoms with E-state index in [1.165, 1.54) is 4.90 Å². The number of hydrogen-bond acceptors (Lipinski definition) is 5. The van der Waals surface area contributed by atoms with Crippen LogP contribution >= 0.6 is 23.2 Å². The van der Waals surface area contributed by atoms with E-state index in [0.717, 1.165) is 48.2 Å². The average molecular weight is 661 g/mol. The largest absolute Gasteiger partial charge is 0.494 e. The van der Waals surface area contributed by atoms with E-state index in [2.05, 4.69) is 5.32 Å². The number of carbonyl (C=O) groups excluding carboxylic acids is 2. The van der Waals surface area contributed by atoms with Crippen molar-refractivity contribution in [2.24, 2.45) is 0 Å². The van der Waals surface area contributed by atoms with E-state index in [4.69, 9.17) is 27.9 Å². The number of nitrogens with zero attached hydrogens (tertiary/aromatic N) is 2. The highest BCUT2D eigenvalue weighted by molar-refractivity contribution is 7.92. The molecule has 1 aliphatic rings. The lowest BCUT2D eigenvalue weighted by Crippen LogP contribution is -2.55. The smallest absolute Gasteiger partial charge is 0.244 e. The third-order valence-electron chi connectivity index (χ3n) is 7.73. The van der Waals surface area contributed by atoms with Crippen molar-refractivity contribution >= 4 is 50.7 Å². The summed E-state index contributed by atoms with van der Waals surface area (Å²) in [6.07, 6.45) is 6.18. The van der Waals surface area contributed by atoms with Crippen LogP contribution in [0.15, 0.2) is 72.8 Å². The Hall–Kier alpha value is -3.27. The SMILES string of the molecule is CCOc1ccc(N(CC(=O)N(Cc2c(Cl)cccc2Cl)[C@H](Cc2ccccc2)C(=O)NC2CCCCC2)S(C)(=O)=O)cc1. The molecule has 0 unspecified atom stereocenters. The summed E-state index contributed by atoms with van der Waals surface area (Å²) in [5.41, 5.74) is 1.62. The van der Waals surface area contributed by atoms with Crippen LogP contribution in [0.3, 0.4) is 0 Å². The van der Waals surface area contributed by atoms with Gasteiger partial charge in [0.2, 0.25) is 21.8 Å². The minimum absolute atomic E-state index is 0.00625. The second-order valence-electron chi connectivity index (χ2n) is 11.0. The normalized spacial score (nSPS) is 14.5. The Balaban J connectivity index is 1.74. The second-order valence-corrected chi connectivity index (χ2v) is 13.7. The second kappa shape index (κ2) is 15.6. The quantitative estimate of drug-likeness (QED) is 0.234. The van der Waals surface area contributed by atoms with Crippen LogP contribution in [-0.4, -0.2) is 56.6 Å². The molecule has 1 atom stereocenters. The van der Waals surface area contributed by atoms with Gasteiger partial charge in [0, 0.05) is 34.6 Å². The first-order valence-electron chi connectivity index (χ1n) is 14.8. The first-order chi connectivity index (χ1) is 21.1. The summed E-state index contributed by atoms with van der Waals surface area (Å²) in [4.78, 5) is 29.8. The number of anilines is 1. The molecule has 8 nitrogen and oxygen atoms in total. The Bertz CT molecular complexity index is 1490. The van der Waals surface area contributed by atoms with Crippen molar-refractivity contribution < 1.29 is 22.7 Å². The number of nitrogens with one attached hydrogen (secondary N) is 1. The zero-order chi connectivity index (χ0) is 31.7.